The SMILES string of the molecule is COc1ccc(-c2nc(NC(=O)c3cnn(Cc4ccccc4)c3)sc2C)cc1. The molecule has 0 radical (unpaired) electrons. The molecule has 0 aliphatic carbocycles. The van der Waals surface area contributed by atoms with Gasteiger partial charge < -0.3 is 4.74 Å². The quantitative estimate of drug-likeness (QED) is 0.509. The molecule has 4 aromatic rings. The van der Waals surface area contributed by atoms with Crippen LogP contribution in [0, 0.1) is 6.92 Å². The molecule has 2 heterocycles. The van der Waals surface area contributed by atoms with Crippen molar-refractivity contribution in [3.8, 4) is 17.0 Å². The summed E-state index contributed by atoms with van der Waals surface area (Å²) in [6.07, 6.45) is 3.32. The van der Waals surface area contributed by atoms with E-state index in [1.54, 1.807) is 24.2 Å². The van der Waals surface area contributed by atoms with Gasteiger partial charge >= 0.3 is 0 Å². The molecule has 0 saturated carbocycles. The number of rotatable bonds is 6. The minimum absolute atomic E-state index is 0.223. The number of hydrogen-bond donors (Lipinski definition) is 1. The lowest BCUT2D eigenvalue weighted by molar-refractivity contribution is 0.102. The first-order valence-electron chi connectivity index (χ1n) is 9.12. The van der Waals surface area contributed by atoms with Crippen molar-refractivity contribution in [2.24, 2.45) is 0 Å². The number of anilines is 1. The van der Waals surface area contributed by atoms with Crippen LogP contribution in [0.25, 0.3) is 11.3 Å². The predicted octanol–water partition coefficient (Wildman–Crippen LogP) is 4.62. The lowest BCUT2D eigenvalue weighted by atomic mass is 10.1. The fourth-order valence-corrected chi connectivity index (χ4v) is 3.80. The maximum Gasteiger partial charge on any atom is 0.260 e. The van der Waals surface area contributed by atoms with E-state index < -0.39 is 0 Å². The first kappa shape index (κ1) is 18.9. The van der Waals surface area contributed by atoms with Crippen LogP contribution in [0.1, 0.15) is 20.8 Å². The van der Waals surface area contributed by atoms with E-state index >= 15 is 0 Å². The summed E-state index contributed by atoms with van der Waals surface area (Å²) in [5.41, 5.74) is 3.46. The molecular formula is C22H20N4O2S. The van der Waals surface area contributed by atoms with Gasteiger partial charge in [0.1, 0.15) is 5.75 Å². The second-order valence-corrected chi connectivity index (χ2v) is 7.72. The molecule has 0 bridgehead atoms. The zero-order valence-corrected chi connectivity index (χ0v) is 16.9. The molecule has 0 aliphatic heterocycles. The van der Waals surface area contributed by atoms with Crippen LogP contribution in [0.4, 0.5) is 5.13 Å². The third kappa shape index (κ3) is 4.35. The fourth-order valence-electron chi connectivity index (χ4n) is 2.97. The van der Waals surface area contributed by atoms with Gasteiger partial charge in [0, 0.05) is 16.6 Å². The summed E-state index contributed by atoms with van der Waals surface area (Å²) in [5.74, 6) is 0.571. The molecule has 7 heteroatoms. The maximum atomic E-state index is 12.6. The van der Waals surface area contributed by atoms with E-state index in [4.69, 9.17) is 4.74 Å². The van der Waals surface area contributed by atoms with Crippen LogP contribution in [0.15, 0.2) is 67.0 Å². The molecule has 0 aliphatic rings. The predicted molar refractivity (Wildman–Crippen MR) is 115 cm³/mol. The van der Waals surface area contributed by atoms with Gasteiger partial charge in [-0.25, -0.2) is 4.98 Å². The first-order valence-corrected chi connectivity index (χ1v) is 9.93. The number of nitrogens with zero attached hydrogens (tertiary/aromatic N) is 3. The van der Waals surface area contributed by atoms with Gasteiger partial charge in [0.05, 0.1) is 31.1 Å². The third-order valence-electron chi connectivity index (χ3n) is 4.46. The highest BCUT2D eigenvalue weighted by molar-refractivity contribution is 7.16. The standard InChI is InChI=1S/C22H20N4O2S/c1-15-20(17-8-10-19(28-2)11-9-17)24-22(29-15)25-21(27)18-12-23-26(14-18)13-16-6-4-3-5-7-16/h3-12,14H,13H2,1-2H3,(H,24,25,27). The highest BCUT2D eigenvalue weighted by Gasteiger charge is 2.14. The maximum absolute atomic E-state index is 12.6. The van der Waals surface area contributed by atoms with Crippen LogP contribution in [0.3, 0.4) is 0 Å². The summed E-state index contributed by atoms with van der Waals surface area (Å²) in [7, 11) is 1.64. The Morgan fingerprint density at radius 2 is 1.90 bits per heavy atom. The number of amides is 1. The third-order valence-corrected chi connectivity index (χ3v) is 5.35. The summed E-state index contributed by atoms with van der Waals surface area (Å²) in [6.45, 7) is 2.61. The summed E-state index contributed by atoms with van der Waals surface area (Å²) >= 11 is 1.45. The van der Waals surface area contributed by atoms with Crippen LogP contribution < -0.4 is 10.1 Å². The molecule has 0 unspecified atom stereocenters. The van der Waals surface area contributed by atoms with Gasteiger partial charge in [0.2, 0.25) is 0 Å². The lowest BCUT2D eigenvalue weighted by Gasteiger charge is -2.02. The Hall–Kier alpha value is -3.45. The summed E-state index contributed by atoms with van der Waals surface area (Å²) in [6, 6.07) is 17.7. The van der Waals surface area contributed by atoms with Crippen LogP contribution in [-0.4, -0.2) is 27.8 Å². The molecule has 2 aromatic carbocycles. The summed E-state index contributed by atoms with van der Waals surface area (Å²) < 4.78 is 6.95. The van der Waals surface area contributed by atoms with E-state index in [9.17, 15) is 4.79 Å². The van der Waals surface area contributed by atoms with Gasteiger partial charge in [0.25, 0.3) is 5.91 Å². The minimum atomic E-state index is -0.223. The molecule has 4 rings (SSSR count). The van der Waals surface area contributed by atoms with E-state index in [1.165, 1.54) is 11.3 Å². The van der Waals surface area contributed by atoms with Crippen molar-refractivity contribution in [1.82, 2.24) is 14.8 Å². The zero-order valence-electron chi connectivity index (χ0n) is 16.1. The molecule has 1 N–H and O–H groups in total. The number of aryl methyl sites for hydroxylation is 1. The van der Waals surface area contributed by atoms with Crippen LogP contribution in [-0.2, 0) is 6.54 Å². The number of carbonyl (C=O) groups excluding carboxylic acids is 1. The zero-order chi connectivity index (χ0) is 20.2. The molecule has 6 nitrogen and oxygen atoms in total. The van der Waals surface area contributed by atoms with Crippen LogP contribution >= 0.6 is 11.3 Å². The van der Waals surface area contributed by atoms with Crippen molar-refractivity contribution in [3.63, 3.8) is 0 Å². The van der Waals surface area contributed by atoms with Crippen molar-refractivity contribution in [3.05, 3.63) is 83.0 Å². The topological polar surface area (TPSA) is 69.0 Å². The van der Waals surface area contributed by atoms with Crippen molar-refractivity contribution in [2.75, 3.05) is 12.4 Å². The van der Waals surface area contributed by atoms with Crippen molar-refractivity contribution >= 4 is 22.4 Å². The van der Waals surface area contributed by atoms with Gasteiger partial charge in [-0.15, -0.1) is 11.3 Å². The van der Waals surface area contributed by atoms with Crippen molar-refractivity contribution in [2.45, 2.75) is 13.5 Å². The van der Waals surface area contributed by atoms with Crippen molar-refractivity contribution < 1.29 is 9.53 Å². The Bertz CT molecular complexity index is 1120. The van der Waals surface area contributed by atoms with E-state index in [0.29, 0.717) is 17.2 Å². The Balaban J connectivity index is 1.46. The molecule has 0 saturated heterocycles. The van der Waals surface area contributed by atoms with Crippen LogP contribution in [0.5, 0.6) is 5.75 Å². The average molecular weight is 404 g/mol. The number of methoxy groups -OCH3 is 1. The largest absolute Gasteiger partial charge is 0.497 e. The van der Waals surface area contributed by atoms with Crippen LogP contribution in [0.2, 0.25) is 0 Å². The molecular weight excluding hydrogens is 384 g/mol. The van der Waals surface area contributed by atoms with E-state index in [-0.39, 0.29) is 5.91 Å². The molecule has 2 aromatic heterocycles. The second-order valence-electron chi connectivity index (χ2n) is 6.52. The Morgan fingerprint density at radius 1 is 1.14 bits per heavy atom. The highest BCUT2D eigenvalue weighted by Crippen LogP contribution is 2.31. The van der Waals surface area contributed by atoms with Gasteiger partial charge in [-0.3, -0.25) is 14.8 Å². The Morgan fingerprint density at radius 3 is 2.62 bits per heavy atom. The average Bonchev–Trinajstić information content (AvgIpc) is 3.35. The molecule has 146 valence electrons. The number of thiazole rings is 1. The number of ether oxygens (including phenoxy) is 1. The van der Waals surface area contributed by atoms with E-state index in [2.05, 4.69) is 15.4 Å². The van der Waals surface area contributed by atoms with E-state index in [1.807, 2.05) is 61.5 Å². The molecule has 0 fully saturated rings. The minimum Gasteiger partial charge on any atom is -0.497 e. The first-order chi connectivity index (χ1) is 14.1. The van der Waals surface area contributed by atoms with Gasteiger partial charge in [0.15, 0.2) is 5.13 Å². The van der Waals surface area contributed by atoms with Gasteiger partial charge in [-0.1, -0.05) is 30.3 Å². The number of hydrogen-bond acceptors (Lipinski definition) is 5. The fraction of sp³-hybridized carbons (Fsp3) is 0.136. The molecule has 0 atom stereocenters. The normalized spacial score (nSPS) is 10.7. The number of nitrogens with one attached hydrogen (secondary N) is 1. The summed E-state index contributed by atoms with van der Waals surface area (Å²) in [5, 5.41) is 7.73. The van der Waals surface area contributed by atoms with Gasteiger partial charge in [-0.2, -0.15) is 5.10 Å². The monoisotopic (exact) mass is 404 g/mol. The molecule has 29 heavy (non-hydrogen) atoms. The highest BCUT2D eigenvalue weighted by atomic mass is 32.1. The Kier molecular flexibility index (Phi) is 5.39. The number of aromatic nitrogens is 3. The second kappa shape index (κ2) is 8.28. The Labute approximate surface area is 172 Å². The van der Waals surface area contributed by atoms with Crippen molar-refractivity contribution in [1.29, 1.82) is 0 Å². The van der Waals surface area contributed by atoms with Gasteiger partial charge in [-0.05, 0) is 36.8 Å². The van der Waals surface area contributed by atoms with E-state index in [0.717, 1.165) is 27.4 Å². The summed E-state index contributed by atoms with van der Waals surface area (Å²) in [4.78, 5) is 18.2. The molecule has 0 spiro atoms. The smallest absolute Gasteiger partial charge is 0.260 e. The molecule has 1 amide bonds. The number of carbonyl (C=O) groups is 1. The lowest BCUT2D eigenvalue weighted by Crippen LogP contribution is -2.11. The number of benzene rings is 2.